The molecule has 0 radical (unpaired) electrons. The molecule has 0 saturated carbocycles. The number of halogens is 3. The molecule has 3 rings (SSSR count). The molecule has 21 heavy (non-hydrogen) atoms. The molecular formula is C13H8BrCl2N3OS. The van der Waals surface area contributed by atoms with E-state index < -0.39 is 0 Å². The van der Waals surface area contributed by atoms with E-state index in [-0.39, 0.29) is 5.75 Å². The maximum Gasteiger partial charge on any atom is 0.130 e. The summed E-state index contributed by atoms with van der Waals surface area (Å²) in [5, 5.41) is 14.0. The van der Waals surface area contributed by atoms with Crippen LogP contribution in [-0.4, -0.2) is 5.11 Å². The number of benzene rings is 2. The van der Waals surface area contributed by atoms with Crippen LogP contribution in [0.4, 0.5) is 17.1 Å². The minimum Gasteiger partial charge on any atom is -0.508 e. The SMILES string of the molecule is Oc1ccc(Br)cc1CNc1c(Cl)cc(Cl)c2c1N=S=N2. The van der Waals surface area contributed by atoms with E-state index in [2.05, 4.69) is 30.0 Å². The van der Waals surface area contributed by atoms with Crippen LogP contribution in [0.3, 0.4) is 0 Å². The third-order valence-electron chi connectivity index (χ3n) is 2.94. The summed E-state index contributed by atoms with van der Waals surface area (Å²) in [6, 6.07) is 6.87. The predicted octanol–water partition coefficient (Wildman–Crippen LogP) is 5.80. The van der Waals surface area contributed by atoms with Gasteiger partial charge in [0.25, 0.3) is 0 Å². The van der Waals surface area contributed by atoms with Gasteiger partial charge in [0.15, 0.2) is 0 Å². The largest absolute Gasteiger partial charge is 0.508 e. The van der Waals surface area contributed by atoms with Crippen LogP contribution < -0.4 is 5.32 Å². The van der Waals surface area contributed by atoms with Crippen LogP contribution >= 0.6 is 39.1 Å². The van der Waals surface area contributed by atoms with Gasteiger partial charge in [0.2, 0.25) is 0 Å². The van der Waals surface area contributed by atoms with Crippen molar-refractivity contribution in [2.24, 2.45) is 8.73 Å². The number of hydrogen-bond donors (Lipinski definition) is 2. The number of hydrogen-bond acceptors (Lipinski definition) is 4. The molecule has 0 bridgehead atoms. The molecule has 0 amide bonds. The van der Waals surface area contributed by atoms with Crippen LogP contribution in [0, 0.1) is 0 Å². The van der Waals surface area contributed by atoms with Crippen molar-refractivity contribution in [2.45, 2.75) is 6.54 Å². The van der Waals surface area contributed by atoms with Gasteiger partial charge in [-0.2, -0.15) is 8.73 Å². The normalized spacial score (nSPS) is 12.1. The maximum absolute atomic E-state index is 9.86. The van der Waals surface area contributed by atoms with Gasteiger partial charge in [0.1, 0.15) is 17.1 Å². The smallest absolute Gasteiger partial charge is 0.130 e. The van der Waals surface area contributed by atoms with Crippen molar-refractivity contribution in [3.8, 4) is 5.75 Å². The molecule has 0 fully saturated rings. The Labute approximate surface area is 143 Å². The zero-order valence-electron chi connectivity index (χ0n) is 10.4. The molecule has 1 aliphatic heterocycles. The lowest BCUT2D eigenvalue weighted by Gasteiger charge is -2.13. The molecule has 8 heteroatoms. The second-order valence-electron chi connectivity index (χ2n) is 4.30. The number of anilines is 1. The first kappa shape index (κ1) is 14.8. The highest BCUT2D eigenvalue weighted by Gasteiger charge is 2.18. The Kier molecular flexibility index (Phi) is 4.21. The van der Waals surface area contributed by atoms with Gasteiger partial charge < -0.3 is 10.4 Å². The van der Waals surface area contributed by atoms with E-state index in [0.717, 1.165) is 21.4 Å². The predicted molar refractivity (Wildman–Crippen MR) is 91.1 cm³/mol. The fourth-order valence-electron chi connectivity index (χ4n) is 1.92. The summed E-state index contributed by atoms with van der Waals surface area (Å²) in [5.41, 5.74) is 2.65. The highest BCUT2D eigenvalue weighted by Crippen LogP contribution is 2.47. The summed E-state index contributed by atoms with van der Waals surface area (Å²) < 4.78 is 9.26. The Morgan fingerprint density at radius 1 is 1.14 bits per heavy atom. The molecule has 108 valence electrons. The van der Waals surface area contributed by atoms with E-state index in [0.29, 0.717) is 33.7 Å². The monoisotopic (exact) mass is 403 g/mol. The topological polar surface area (TPSA) is 57.0 Å². The molecule has 2 N–H and O–H groups in total. The van der Waals surface area contributed by atoms with Gasteiger partial charge >= 0.3 is 0 Å². The fourth-order valence-corrected chi connectivity index (χ4v) is 3.51. The van der Waals surface area contributed by atoms with Crippen molar-refractivity contribution in [1.29, 1.82) is 0 Å². The molecule has 0 aromatic heterocycles. The van der Waals surface area contributed by atoms with Crippen LogP contribution in [0.25, 0.3) is 0 Å². The Balaban J connectivity index is 1.92. The zero-order chi connectivity index (χ0) is 15.0. The lowest BCUT2D eigenvalue weighted by atomic mass is 10.2. The lowest BCUT2D eigenvalue weighted by molar-refractivity contribution is 0.469. The van der Waals surface area contributed by atoms with Gasteiger partial charge in [-0.3, -0.25) is 0 Å². The fraction of sp³-hybridized carbons (Fsp3) is 0.0769. The minimum atomic E-state index is 0.212. The Bertz CT molecular complexity index is 806. The number of nitrogens with zero attached hydrogens (tertiary/aromatic N) is 2. The van der Waals surface area contributed by atoms with Gasteiger partial charge in [-0.1, -0.05) is 39.1 Å². The Morgan fingerprint density at radius 3 is 2.71 bits per heavy atom. The average molecular weight is 405 g/mol. The number of fused-ring (bicyclic) bond motifs is 1. The average Bonchev–Trinajstić information content (AvgIpc) is 2.92. The number of rotatable bonds is 3. The highest BCUT2D eigenvalue weighted by molar-refractivity contribution is 9.10. The molecule has 1 heterocycles. The van der Waals surface area contributed by atoms with Crippen LogP contribution in [0.1, 0.15) is 5.56 Å². The quantitative estimate of drug-likeness (QED) is 0.579. The number of nitrogens with one attached hydrogen (secondary N) is 1. The summed E-state index contributed by atoms with van der Waals surface area (Å²) in [7, 11) is 0. The second-order valence-corrected chi connectivity index (χ2v) is 6.56. The van der Waals surface area contributed by atoms with Gasteiger partial charge in [0.05, 0.1) is 27.1 Å². The van der Waals surface area contributed by atoms with Gasteiger partial charge in [0, 0.05) is 16.6 Å². The third kappa shape index (κ3) is 2.94. The maximum atomic E-state index is 9.86. The minimum absolute atomic E-state index is 0.212. The molecule has 1 aliphatic rings. The first-order valence-electron chi connectivity index (χ1n) is 5.88. The first-order chi connectivity index (χ1) is 10.1. The summed E-state index contributed by atoms with van der Waals surface area (Å²) in [4.78, 5) is 0. The summed E-state index contributed by atoms with van der Waals surface area (Å²) in [5.74, 6) is 0.212. The summed E-state index contributed by atoms with van der Waals surface area (Å²) in [6.07, 6.45) is 0. The molecule has 0 spiro atoms. The summed E-state index contributed by atoms with van der Waals surface area (Å²) in [6.45, 7) is 0.402. The Morgan fingerprint density at radius 2 is 1.90 bits per heavy atom. The number of aromatic hydroxyl groups is 1. The van der Waals surface area contributed by atoms with Gasteiger partial charge in [-0.25, -0.2) is 0 Å². The molecule has 0 unspecified atom stereocenters. The van der Waals surface area contributed by atoms with E-state index in [1.807, 2.05) is 6.07 Å². The summed E-state index contributed by atoms with van der Waals surface area (Å²) >= 11 is 16.8. The molecule has 2 aromatic carbocycles. The standard InChI is InChI=1S/C13H8BrCl2N3OS/c14-7-1-2-10(20)6(3-7)5-17-11-8(15)4-9(16)12-13(11)19-21-18-12/h1-4,17,20H,5H2. The van der Waals surface area contributed by atoms with Crippen LogP contribution in [0.15, 0.2) is 37.5 Å². The van der Waals surface area contributed by atoms with E-state index in [1.54, 1.807) is 18.2 Å². The molecule has 0 saturated heterocycles. The van der Waals surface area contributed by atoms with E-state index in [4.69, 9.17) is 23.2 Å². The second kappa shape index (κ2) is 5.96. The molecule has 0 aliphatic carbocycles. The highest BCUT2D eigenvalue weighted by atomic mass is 79.9. The van der Waals surface area contributed by atoms with Crippen molar-refractivity contribution in [2.75, 3.05) is 5.32 Å². The molecule has 2 aromatic rings. The van der Waals surface area contributed by atoms with Crippen LogP contribution in [-0.2, 0) is 17.9 Å². The zero-order valence-corrected chi connectivity index (χ0v) is 14.3. The van der Waals surface area contributed by atoms with Crippen molar-refractivity contribution in [3.63, 3.8) is 0 Å². The van der Waals surface area contributed by atoms with Crippen molar-refractivity contribution in [3.05, 3.63) is 44.3 Å². The first-order valence-corrected chi connectivity index (χ1v) is 8.15. The van der Waals surface area contributed by atoms with Crippen molar-refractivity contribution >= 4 is 67.5 Å². The van der Waals surface area contributed by atoms with Crippen LogP contribution in [0.2, 0.25) is 10.0 Å². The third-order valence-corrected chi connectivity index (χ3v) is 4.55. The molecule has 0 atom stereocenters. The van der Waals surface area contributed by atoms with Gasteiger partial charge in [-0.15, -0.1) is 0 Å². The van der Waals surface area contributed by atoms with Gasteiger partial charge in [-0.05, 0) is 24.3 Å². The molecule has 4 nitrogen and oxygen atoms in total. The molecular weight excluding hydrogens is 397 g/mol. The van der Waals surface area contributed by atoms with E-state index >= 15 is 0 Å². The number of phenols is 1. The van der Waals surface area contributed by atoms with Crippen molar-refractivity contribution < 1.29 is 5.11 Å². The van der Waals surface area contributed by atoms with E-state index in [9.17, 15) is 5.11 Å². The lowest BCUT2D eigenvalue weighted by Crippen LogP contribution is -2.01. The van der Waals surface area contributed by atoms with E-state index in [1.165, 1.54) is 0 Å². The number of phenolic OH excluding ortho intramolecular Hbond substituents is 1. The van der Waals surface area contributed by atoms with Crippen LogP contribution in [0.5, 0.6) is 5.75 Å². The van der Waals surface area contributed by atoms with Crippen molar-refractivity contribution in [1.82, 2.24) is 0 Å². The Hall–Kier alpha value is -1.08.